The molecule has 4 rings (SSSR count). The van der Waals surface area contributed by atoms with Crippen LogP contribution in [0.3, 0.4) is 0 Å². The fourth-order valence-electron chi connectivity index (χ4n) is 3.78. The van der Waals surface area contributed by atoms with Gasteiger partial charge in [-0.2, -0.15) is 13.1 Å². The van der Waals surface area contributed by atoms with E-state index >= 15 is 0 Å². The van der Waals surface area contributed by atoms with Crippen LogP contribution in [-0.2, 0) is 14.8 Å². The van der Waals surface area contributed by atoms with Crippen molar-refractivity contribution in [2.24, 2.45) is 0 Å². The molecule has 0 bridgehead atoms. The largest absolute Gasteiger partial charge is 0.435 e. The third-order valence-corrected chi connectivity index (χ3v) is 7.57. The number of anilines is 1. The van der Waals surface area contributed by atoms with Crippen LogP contribution in [0.25, 0.3) is 11.0 Å². The van der Waals surface area contributed by atoms with E-state index in [-0.39, 0.29) is 29.6 Å². The highest BCUT2D eigenvalue weighted by Crippen LogP contribution is 2.22. The Morgan fingerprint density at radius 2 is 1.68 bits per heavy atom. The van der Waals surface area contributed by atoms with Crippen molar-refractivity contribution in [3.05, 3.63) is 52.9 Å². The van der Waals surface area contributed by atoms with Gasteiger partial charge in [-0.3, -0.25) is 9.69 Å². The Labute approximate surface area is 193 Å². The Bertz CT molecular complexity index is 1330. The smallest absolute Gasteiger partial charge is 0.387 e. The van der Waals surface area contributed by atoms with Gasteiger partial charge in [0.2, 0.25) is 15.9 Å². The molecule has 0 aliphatic carbocycles. The molecule has 0 radical (unpaired) electrons. The number of amides is 1. The van der Waals surface area contributed by atoms with Crippen molar-refractivity contribution in [3.63, 3.8) is 0 Å². The SMILES string of the molecule is C[C@H](C(=O)Nc1ccc(OC(F)F)cc1)N1CCN(S(=O)(=O)c2ccc3[nH]c(=O)[nH]c3c2)CC1. The number of fused-ring (bicyclic) bond motifs is 1. The number of benzene rings is 2. The molecular formula is C21H23F2N5O5S. The molecule has 1 fully saturated rings. The van der Waals surface area contributed by atoms with Crippen LogP contribution in [0.4, 0.5) is 14.5 Å². The first-order chi connectivity index (χ1) is 16.1. The number of piperazine rings is 1. The normalized spacial score (nSPS) is 16.6. The van der Waals surface area contributed by atoms with Gasteiger partial charge in [0, 0.05) is 31.9 Å². The molecule has 13 heteroatoms. The molecule has 182 valence electrons. The van der Waals surface area contributed by atoms with Crippen molar-refractivity contribution >= 4 is 32.7 Å². The summed E-state index contributed by atoms with van der Waals surface area (Å²) >= 11 is 0. The first-order valence-corrected chi connectivity index (χ1v) is 11.9. The highest BCUT2D eigenvalue weighted by atomic mass is 32.2. The number of hydrogen-bond acceptors (Lipinski definition) is 6. The van der Waals surface area contributed by atoms with Gasteiger partial charge < -0.3 is 20.0 Å². The first-order valence-electron chi connectivity index (χ1n) is 10.5. The average Bonchev–Trinajstić information content (AvgIpc) is 3.19. The zero-order valence-electron chi connectivity index (χ0n) is 18.1. The summed E-state index contributed by atoms with van der Waals surface area (Å²) in [6, 6.07) is 9.44. The summed E-state index contributed by atoms with van der Waals surface area (Å²) in [6.45, 7) is -0.133. The quantitative estimate of drug-likeness (QED) is 0.459. The zero-order chi connectivity index (χ0) is 24.5. The predicted octanol–water partition coefficient (Wildman–Crippen LogP) is 1.79. The van der Waals surface area contributed by atoms with Crippen LogP contribution in [0, 0.1) is 0 Å². The number of carbonyl (C=O) groups is 1. The molecular weight excluding hydrogens is 472 g/mol. The fraction of sp³-hybridized carbons (Fsp3) is 0.333. The number of ether oxygens (including phenoxy) is 1. The highest BCUT2D eigenvalue weighted by Gasteiger charge is 2.32. The Balaban J connectivity index is 1.35. The minimum atomic E-state index is -3.77. The van der Waals surface area contributed by atoms with Crippen LogP contribution >= 0.6 is 0 Å². The summed E-state index contributed by atoms with van der Waals surface area (Å²) in [4.78, 5) is 31.1. The average molecular weight is 496 g/mol. The summed E-state index contributed by atoms with van der Waals surface area (Å²) < 4.78 is 56.2. The Morgan fingerprint density at radius 1 is 1.03 bits per heavy atom. The molecule has 0 unspecified atom stereocenters. The second-order valence-electron chi connectivity index (χ2n) is 7.79. The van der Waals surface area contributed by atoms with Crippen molar-refractivity contribution in [1.82, 2.24) is 19.2 Å². The lowest BCUT2D eigenvalue weighted by molar-refractivity contribution is -0.121. The number of rotatable bonds is 7. The van der Waals surface area contributed by atoms with E-state index in [1.165, 1.54) is 46.8 Å². The van der Waals surface area contributed by atoms with Crippen LogP contribution < -0.4 is 15.7 Å². The highest BCUT2D eigenvalue weighted by molar-refractivity contribution is 7.89. The maximum atomic E-state index is 13.1. The first kappa shape index (κ1) is 23.9. The van der Waals surface area contributed by atoms with E-state index in [0.717, 1.165) is 0 Å². The molecule has 10 nitrogen and oxygen atoms in total. The monoisotopic (exact) mass is 495 g/mol. The number of aromatic amines is 2. The molecule has 0 saturated carbocycles. The zero-order valence-corrected chi connectivity index (χ0v) is 18.9. The van der Waals surface area contributed by atoms with Crippen LogP contribution in [0.1, 0.15) is 6.92 Å². The van der Waals surface area contributed by atoms with Gasteiger partial charge in [0.25, 0.3) is 0 Å². The molecule has 2 aromatic carbocycles. The second-order valence-corrected chi connectivity index (χ2v) is 9.73. The fourth-order valence-corrected chi connectivity index (χ4v) is 5.23. The third-order valence-electron chi connectivity index (χ3n) is 5.67. The van der Waals surface area contributed by atoms with Gasteiger partial charge >= 0.3 is 12.3 Å². The Hall–Kier alpha value is -3.29. The van der Waals surface area contributed by atoms with E-state index in [9.17, 15) is 26.8 Å². The van der Waals surface area contributed by atoms with Gasteiger partial charge in [-0.1, -0.05) is 0 Å². The number of halogens is 2. The maximum absolute atomic E-state index is 13.1. The minimum Gasteiger partial charge on any atom is -0.435 e. The Kier molecular flexibility index (Phi) is 6.68. The number of nitrogens with zero attached hydrogens (tertiary/aromatic N) is 2. The van der Waals surface area contributed by atoms with Gasteiger partial charge in [0.05, 0.1) is 22.0 Å². The van der Waals surface area contributed by atoms with Gasteiger partial charge in [-0.25, -0.2) is 13.2 Å². The number of imidazole rings is 1. The maximum Gasteiger partial charge on any atom is 0.387 e. The number of H-pyrrole nitrogens is 2. The van der Waals surface area contributed by atoms with E-state index in [1.54, 1.807) is 6.92 Å². The molecule has 1 amide bonds. The standard InChI is InChI=1S/C21H23F2N5O5S/c1-13(19(29)24-14-2-4-15(5-3-14)33-20(22)23)27-8-10-28(11-9-27)34(31,32)16-6-7-17-18(12-16)26-21(30)25-17/h2-7,12-13,20H,8-11H2,1H3,(H,24,29)(H2,25,26,30)/t13-/m1/s1. The van der Waals surface area contributed by atoms with Gasteiger partial charge in [-0.15, -0.1) is 0 Å². The number of aromatic nitrogens is 2. The summed E-state index contributed by atoms with van der Waals surface area (Å²) in [6.07, 6.45) is 0. The van der Waals surface area contributed by atoms with Crippen LogP contribution in [0.5, 0.6) is 5.75 Å². The molecule has 1 atom stereocenters. The molecule has 3 N–H and O–H groups in total. The third kappa shape index (κ3) is 5.11. The number of sulfonamides is 1. The number of carbonyl (C=O) groups excluding carboxylic acids is 1. The van der Waals surface area contributed by atoms with Crippen molar-refractivity contribution in [2.75, 3.05) is 31.5 Å². The van der Waals surface area contributed by atoms with Crippen LogP contribution in [-0.4, -0.2) is 72.3 Å². The molecule has 2 heterocycles. The summed E-state index contributed by atoms with van der Waals surface area (Å²) in [5, 5.41) is 2.72. The summed E-state index contributed by atoms with van der Waals surface area (Å²) in [5.74, 6) is -0.318. The summed E-state index contributed by atoms with van der Waals surface area (Å²) in [5.41, 5.74) is 0.939. The van der Waals surface area contributed by atoms with E-state index in [2.05, 4.69) is 20.0 Å². The van der Waals surface area contributed by atoms with Crippen LogP contribution in [0.2, 0.25) is 0 Å². The topological polar surface area (TPSA) is 128 Å². The van der Waals surface area contributed by atoms with E-state index in [1.807, 2.05) is 4.90 Å². The predicted molar refractivity (Wildman–Crippen MR) is 120 cm³/mol. The second kappa shape index (κ2) is 9.52. The van der Waals surface area contributed by atoms with Gasteiger partial charge in [0.1, 0.15) is 5.75 Å². The molecule has 0 spiro atoms. The van der Waals surface area contributed by atoms with E-state index < -0.39 is 28.4 Å². The minimum absolute atomic E-state index is 0.0135. The van der Waals surface area contributed by atoms with Crippen molar-refractivity contribution in [1.29, 1.82) is 0 Å². The molecule has 34 heavy (non-hydrogen) atoms. The van der Waals surface area contributed by atoms with Gasteiger partial charge in [0.15, 0.2) is 0 Å². The van der Waals surface area contributed by atoms with Gasteiger partial charge in [-0.05, 0) is 49.4 Å². The molecule has 1 aliphatic rings. The van der Waals surface area contributed by atoms with E-state index in [4.69, 9.17) is 0 Å². The Morgan fingerprint density at radius 3 is 2.32 bits per heavy atom. The summed E-state index contributed by atoms with van der Waals surface area (Å²) in [7, 11) is -3.77. The molecule has 1 aliphatic heterocycles. The van der Waals surface area contributed by atoms with Crippen molar-refractivity contribution < 1.29 is 26.7 Å². The number of alkyl halides is 2. The lowest BCUT2D eigenvalue weighted by Gasteiger charge is -2.36. The lowest BCUT2D eigenvalue weighted by Crippen LogP contribution is -2.53. The molecule has 3 aromatic rings. The van der Waals surface area contributed by atoms with E-state index in [0.29, 0.717) is 29.8 Å². The number of nitrogens with one attached hydrogen (secondary N) is 3. The lowest BCUT2D eigenvalue weighted by atomic mass is 10.2. The van der Waals surface area contributed by atoms with Crippen molar-refractivity contribution in [3.8, 4) is 5.75 Å². The van der Waals surface area contributed by atoms with Crippen LogP contribution in [0.15, 0.2) is 52.2 Å². The van der Waals surface area contributed by atoms with Crippen molar-refractivity contribution in [2.45, 2.75) is 24.5 Å². The molecule has 1 saturated heterocycles. The number of hydrogen-bond donors (Lipinski definition) is 3. The molecule has 1 aromatic heterocycles.